The van der Waals surface area contributed by atoms with Crippen LogP contribution in [0.1, 0.15) is 5.82 Å². The maximum Gasteiger partial charge on any atom is 0.176 e. The Morgan fingerprint density at radius 2 is 2.21 bits per heavy atom. The molecule has 1 aromatic heterocycles. The lowest BCUT2D eigenvalue weighted by Crippen LogP contribution is -2.30. The molecule has 2 aromatic rings. The molecular weight excluding hydrogens is 326 g/mol. The van der Waals surface area contributed by atoms with Crippen molar-refractivity contribution in [2.24, 2.45) is 7.05 Å². The molecule has 1 N–H and O–H groups in total. The van der Waals surface area contributed by atoms with Gasteiger partial charge in [-0.3, -0.25) is 0 Å². The van der Waals surface area contributed by atoms with Gasteiger partial charge in [-0.1, -0.05) is 12.1 Å². The molecule has 102 valence electrons. The zero-order chi connectivity index (χ0) is 13.7. The number of hydrogen-bond donors (Lipinski definition) is 1. The van der Waals surface area contributed by atoms with E-state index >= 15 is 0 Å². The zero-order valence-corrected chi connectivity index (χ0v) is 13.3. The van der Waals surface area contributed by atoms with Gasteiger partial charge >= 0.3 is 0 Å². The van der Waals surface area contributed by atoms with E-state index in [1.807, 2.05) is 30.9 Å². The Morgan fingerprint density at radius 3 is 2.84 bits per heavy atom. The minimum atomic E-state index is 0.321. The van der Waals surface area contributed by atoms with E-state index in [1.54, 1.807) is 7.05 Å². The Bertz CT molecular complexity index is 530. The van der Waals surface area contributed by atoms with Crippen LogP contribution in [0.25, 0.3) is 0 Å². The van der Waals surface area contributed by atoms with Gasteiger partial charge in [-0.15, -0.1) is 22.0 Å². The highest BCUT2D eigenvalue weighted by molar-refractivity contribution is 9.10. The smallest absolute Gasteiger partial charge is 0.176 e. The highest BCUT2D eigenvalue weighted by Crippen LogP contribution is 2.27. The van der Waals surface area contributed by atoms with E-state index in [0.717, 1.165) is 22.5 Å². The van der Waals surface area contributed by atoms with Gasteiger partial charge in [-0.25, -0.2) is 0 Å². The Labute approximate surface area is 125 Å². The first-order valence-electron chi connectivity index (χ1n) is 5.96. The van der Waals surface area contributed by atoms with E-state index in [9.17, 15) is 0 Å². The molecule has 0 saturated heterocycles. The first-order chi connectivity index (χ1) is 9.19. The lowest BCUT2D eigenvalue weighted by Gasteiger charge is -2.14. The summed E-state index contributed by atoms with van der Waals surface area (Å²) < 4.78 is 1.13. The van der Waals surface area contributed by atoms with E-state index in [2.05, 4.69) is 48.8 Å². The van der Waals surface area contributed by atoms with Crippen LogP contribution in [-0.2, 0) is 13.5 Å². The van der Waals surface area contributed by atoms with Crippen LogP contribution in [0.15, 0.2) is 33.6 Å². The first-order valence-corrected chi connectivity index (χ1v) is 7.74. The van der Waals surface area contributed by atoms with Crippen LogP contribution in [-0.4, -0.2) is 39.0 Å². The molecule has 0 spiro atoms. The fourth-order valence-corrected chi connectivity index (χ4v) is 3.30. The van der Waals surface area contributed by atoms with Crippen LogP contribution < -0.4 is 5.32 Å². The summed E-state index contributed by atoms with van der Waals surface area (Å²) in [7, 11) is 3.74. The monoisotopic (exact) mass is 341 g/mol. The van der Waals surface area contributed by atoms with Gasteiger partial charge in [0.05, 0.1) is 7.05 Å². The predicted octanol–water partition coefficient (Wildman–Crippen LogP) is 1.90. The number of likely N-dealkylation sites (N-methyl/N-ethyl adjacent to an activating group) is 1. The minimum Gasteiger partial charge on any atom is -0.316 e. The number of benzene rings is 1. The molecular formula is C12H16BrN5S. The minimum absolute atomic E-state index is 0.321. The molecule has 0 aliphatic heterocycles. The van der Waals surface area contributed by atoms with Crippen LogP contribution in [0, 0.1) is 0 Å². The largest absolute Gasteiger partial charge is 0.316 e. The number of nitrogens with one attached hydrogen (secondary N) is 1. The number of thioether (sulfide) groups is 1. The lowest BCUT2D eigenvalue weighted by atomic mass is 10.2. The number of rotatable bonds is 6. The van der Waals surface area contributed by atoms with Crippen molar-refractivity contribution in [3.63, 3.8) is 0 Å². The Kier molecular flexibility index (Phi) is 5.35. The maximum atomic E-state index is 4.21. The zero-order valence-electron chi connectivity index (χ0n) is 10.9. The fraction of sp³-hybridized carbons (Fsp3) is 0.417. The lowest BCUT2D eigenvalue weighted by molar-refractivity contribution is 0.591. The Balaban J connectivity index is 1.91. The van der Waals surface area contributed by atoms with Crippen LogP contribution in [0.2, 0.25) is 0 Å². The fourth-order valence-electron chi connectivity index (χ4n) is 1.62. The molecule has 2 rings (SSSR count). The average Bonchev–Trinajstić information content (AvgIpc) is 2.81. The van der Waals surface area contributed by atoms with Gasteiger partial charge in [-0.05, 0) is 40.3 Å². The summed E-state index contributed by atoms with van der Waals surface area (Å²) in [6.45, 7) is 0. The third-order valence-electron chi connectivity index (χ3n) is 2.66. The molecule has 1 aromatic carbocycles. The second kappa shape index (κ2) is 7.02. The van der Waals surface area contributed by atoms with Crippen LogP contribution in [0.4, 0.5) is 0 Å². The van der Waals surface area contributed by atoms with Crippen molar-refractivity contribution in [1.29, 1.82) is 0 Å². The van der Waals surface area contributed by atoms with Crippen LogP contribution in [0.5, 0.6) is 0 Å². The van der Waals surface area contributed by atoms with E-state index in [1.165, 1.54) is 9.69 Å². The summed E-state index contributed by atoms with van der Waals surface area (Å²) in [6, 6.07) is 8.56. The van der Waals surface area contributed by atoms with E-state index in [-0.39, 0.29) is 0 Å². The van der Waals surface area contributed by atoms with Crippen LogP contribution in [0.3, 0.4) is 0 Å². The van der Waals surface area contributed by atoms with Crippen molar-refractivity contribution in [3.05, 3.63) is 34.6 Å². The molecule has 0 aliphatic carbocycles. The topological polar surface area (TPSA) is 55.6 Å². The third kappa shape index (κ3) is 4.29. The van der Waals surface area contributed by atoms with E-state index < -0.39 is 0 Å². The van der Waals surface area contributed by atoms with Crippen molar-refractivity contribution < 1.29 is 0 Å². The number of aryl methyl sites for hydroxylation is 1. The maximum absolute atomic E-state index is 4.21. The summed E-state index contributed by atoms with van der Waals surface area (Å²) in [5.41, 5.74) is 0. The Morgan fingerprint density at radius 1 is 1.42 bits per heavy atom. The van der Waals surface area contributed by atoms with Crippen molar-refractivity contribution in [2.45, 2.75) is 17.4 Å². The SMILES string of the molecule is CNC(CSc1ccccc1Br)Cc1nnn(C)n1. The van der Waals surface area contributed by atoms with Crippen molar-refractivity contribution in [1.82, 2.24) is 25.5 Å². The molecule has 0 saturated carbocycles. The molecule has 0 radical (unpaired) electrons. The molecule has 1 atom stereocenters. The van der Waals surface area contributed by atoms with Gasteiger partial charge in [0, 0.05) is 27.6 Å². The number of tetrazole rings is 1. The quantitative estimate of drug-likeness (QED) is 0.813. The normalized spacial score (nSPS) is 12.6. The Hall–Kier alpha value is -0.920. The van der Waals surface area contributed by atoms with Crippen molar-refractivity contribution in [3.8, 4) is 0 Å². The molecule has 1 unspecified atom stereocenters. The molecule has 0 bridgehead atoms. The summed E-state index contributed by atoms with van der Waals surface area (Å²) >= 11 is 5.37. The molecule has 0 fully saturated rings. The standard InChI is InChI=1S/C12H16BrN5S/c1-14-9(7-12-15-17-18(2)16-12)8-19-11-6-4-3-5-10(11)13/h3-6,9,14H,7-8H2,1-2H3. The van der Waals surface area contributed by atoms with Gasteiger partial charge in [0.2, 0.25) is 0 Å². The van der Waals surface area contributed by atoms with Gasteiger partial charge < -0.3 is 5.32 Å². The number of aromatic nitrogens is 4. The number of nitrogens with zero attached hydrogens (tertiary/aromatic N) is 4. The van der Waals surface area contributed by atoms with Gasteiger partial charge in [0.25, 0.3) is 0 Å². The van der Waals surface area contributed by atoms with Gasteiger partial charge in [-0.2, -0.15) is 4.80 Å². The van der Waals surface area contributed by atoms with Gasteiger partial charge in [0.15, 0.2) is 5.82 Å². The first kappa shape index (κ1) is 14.5. The molecule has 1 heterocycles. The number of halogens is 1. The van der Waals surface area contributed by atoms with Gasteiger partial charge in [0.1, 0.15) is 0 Å². The molecule has 7 heteroatoms. The number of hydrogen-bond acceptors (Lipinski definition) is 5. The summed E-state index contributed by atoms with van der Waals surface area (Å²) in [5.74, 6) is 1.73. The van der Waals surface area contributed by atoms with E-state index in [4.69, 9.17) is 0 Å². The second-order valence-electron chi connectivity index (χ2n) is 4.13. The molecule has 0 aliphatic rings. The van der Waals surface area contributed by atoms with E-state index in [0.29, 0.717) is 6.04 Å². The highest BCUT2D eigenvalue weighted by atomic mass is 79.9. The summed E-state index contributed by atoms with van der Waals surface area (Å²) in [4.78, 5) is 2.73. The molecule has 19 heavy (non-hydrogen) atoms. The van der Waals surface area contributed by atoms with Crippen LogP contribution >= 0.6 is 27.7 Å². The molecule has 0 amide bonds. The second-order valence-corrected chi connectivity index (χ2v) is 6.04. The highest BCUT2D eigenvalue weighted by Gasteiger charge is 2.12. The summed E-state index contributed by atoms with van der Waals surface area (Å²) in [5, 5.41) is 15.4. The third-order valence-corrected chi connectivity index (χ3v) is 4.85. The average molecular weight is 342 g/mol. The summed E-state index contributed by atoms with van der Waals surface area (Å²) in [6.07, 6.45) is 0.780. The van der Waals surface area contributed by atoms with Crippen molar-refractivity contribution in [2.75, 3.05) is 12.8 Å². The van der Waals surface area contributed by atoms with Crippen molar-refractivity contribution >= 4 is 27.7 Å². The molecule has 5 nitrogen and oxygen atoms in total. The predicted molar refractivity (Wildman–Crippen MR) is 80.2 cm³/mol.